The minimum atomic E-state index is 0.0376. The van der Waals surface area contributed by atoms with E-state index in [1.807, 2.05) is 23.1 Å². The first-order valence-corrected chi connectivity index (χ1v) is 10.6. The van der Waals surface area contributed by atoms with Crippen LogP contribution in [0.3, 0.4) is 0 Å². The Kier molecular flexibility index (Phi) is 7.45. The van der Waals surface area contributed by atoms with Crippen LogP contribution in [-0.4, -0.2) is 48.8 Å². The van der Waals surface area contributed by atoms with Crippen LogP contribution in [0.2, 0.25) is 0 Å². The molecule has 0 spiro atoms. The van der Waals surface area contributed by atoms with Crippen LogP contribution in [0.4, 0.5) is 0 Å². The zero-order valence-electron chi connectivity index (χ0n) is 17.6. The van der Waals surface area contributed by atoms with Crippen LogP contribution >= 0.6 is 0 Å². The number of amides is 2. The van der Waals surface area contributed by atoms with Crippen LogP contribution in [0.25, 0.3) is 0 Å². The van der Waals surface area contributed by atoms with Crippen molar-refractivity contribution in [3.63, 3.8) is 0 Å². The van der Waals surface area contributed by atoms with Gasteiger partial charge in [0.1, 0.15) is 0 Å². The second-order valence-corrected chi connectivity index (χ2v) is 8.26. The van der Waals surface area contributed by atoms with Gasteiger partial charge in [0.05, 0.1) is 0 Å². The minimum absolute atomic E-state index is 0.0376. The normalized spacial score (nSPS) is 14.6. The molecule has 4 heteroatoms. The van der Waals surface area contributed by atoms with Crippen molar-refractivity contribution in [3.05, 3.63) is 71.3 Å². The fraction of sp³-hybridized carbons (Fsp3) is 0.440. The van der Waals surface area contributed by atoms with Crippen LogP contribution in [0.1, 0.15) is 47.2 Å². The number of aryl methyl sites for hydroxylation is 1. The number of carbonyl (C=O) groups excluding carboxylic acids is 2. The van der Waals surface area contributed by atoms with Gasteiger partial charge in [0.15, 0.2) is 0 Å². The molecule has 1 heterocycles. The highest BCUT2D eigenvalue weighted by Gasteiger charge is 2.22. The van der Waals surface area contributed by atoms with Crippen molar-refractivity contribution in [2.45, 2.75) is 38.5 Å². The summed E-state index contributed by atoms with van der Waals surface area (Å²) in [5.41, 5.74) is 3.31. The Hall–Kier alpha value is -2.62. The van der Waals surface area contributed by atoms with Gasteiger partial charge in [-0.1, -0.05) is 42.5 Å². The molecule has 0 atom stereocenters. The Morgan fingerprint density at radius 3 is 2.21 bits per heavy atom. The van der Waals surface area contributed by atoms with E-state index in [-0.39, 0.29) is 5.91 Å². The molecule has 1 aliphatic heterocycles. The molecule has 0 radical (unpaired) electrons. The van der Waals surface area contributed by atoms with Gasteiger partial charge in [0.2, 0.25) is 5.91 Å². The lowest BCUT2D eigenvalue weighted by Crippen LogP contribution is -2.38. The molecule has 1 saturated heterocycles. The number of carbonyl (C=O) groups is 2. The summed E-state index contributed by atoms with van der Waals surface area (Å²) < 4.78 is 0. The Morgan fingerprint density at radius 1 is 0.931 bits per heavy atom. The third-order valence-corrected chi connectivity index (χ3v) is 5.80. The van der Waals surface area contributed by atoms with E-state index in [9.17, 15) is 9.59 Å². The SMILES string of the molecule is CN(C)C(=O)c1ccc(CC2CCN(C(=O)CCCc3ccccc3)CC2)cc1. The number of rotatable bonds is 7. The van der Waals surface area contributed by atoms with Crippen LogP contribution in [0.5, 0.6) is 0 Å². The first-order valence-electron chi connectivity index (χ1n) is 10.6. The third-order valence-electron chi connectivity index (χ3n) is 5.80. The van der Waals surface area contributed by atoms with E-state index < -0.39 is 0 Å². The highest BCUT2D eigenvalue weighted by molar-refractivity contribution is 5.93. The fourth-order valence-electron chi connectivity index (χ4n) is 4.01. The molecule has 0 N–H and O–H groups in total. The molecule has 29 heavy (non-hydrogen) atoms. The number of piperidine rings is 1. The largest absolute Gasteiger partial charge is 0.345 e. The maximum Gasteiger partial charge on any atom is 0.253 e. The zero-order chi connectivity index (χ0) is 20.6. The van der Waals surface area contributed by atoms with Gasteiger partial charge in [-0.2, -0.15) is 0 Å². The molecule has 2 aromatic carbocycles. The maximum atomic E-state index is 12.5. The molecular formula is C25H32N2O2. The predicted molar refractivity (Wildman–Crippen MR) is 117 cm³/mol. The first kappa shape index (κ1) is 21.1. The van der Waals surface area contributed by atoms with E-state index in [2.05, 4.69) is 36.4 Å². The van der Waals surface area contributed by atoms with Gasteiger partial charge in [-0.15, -0.1) is 0 Å². The van der Waals surface area contributed by atoms with E-state index >= 15 is 0 Å². The number of hydrogen-bond acceptors (Lipinski definition) is 2. The smallest absolute Gasteiger partial charge is 0.253 e. The summed E-state index contributed by atoms with van der Waals surface area (Å²) in [5, 5.41) is 0. The molecule has 3 rings (SSSR count). The van der Waals surface area contributed by atoms with E-state index in [0.29, 0.717) is 18.2 Å². The summed E-state index contributed by atoms with van der Waals surface area (Å²) in [6, 6.07) is 18.3. The fourth-order valence-corrected chi connectivity index (χ4v) is 4.01. The van der Waals surface area contributed by atoms with Gasteiger partial charge in [-0.3, -0.25) is 9.59 Å². The van der Waals surface area contributed by atoms with E-state index in [4.69, 9.17) is 0 Å². The molecule has 1 fully saturated rings. The van der Waals surface area contributed by atoms with Crippen LogP contribution in [0, 0.1) is 5.92 Å². The standard InChI is InChI=1S/C25H32N2O2/c1-26(2)25(29)23-13-11-21(12-14-23)19-22-15-17-27(18-16-22)24(28)10-6-9-20-7-4-3-5-8-20/h3-5,7-8,11-14,22H,6,9-10,15-19H2,1-2H3. The van der Waals surface area contributed by atoms with Crippen molar-refractivity contribution in [2.24, 2.45) is 5.92 Å². The monoisotopic (exact) mass is 392 g/mol. The molecule has 0 aromatic heterocycles. The lowest BCUT2D eigenvalue weighted by Gasteiger charge is -2.32. The van der Waals surface area contributed by atoms with Crippen LogP contribution in [-0.2, 0) is 17.6 Å². The van der Waals surface area contributed by atoms with Crippen LogP contribution in [0.15, 0.2) is 54.6 Å². The lowest BCUT2D eigenvalue weighted by molar-refractivity contribution is -0.132. The van der Waals surface area contributed by atoms with Gasteiger partial charge in [-0.25, -0.2) is 0 Å². The summed E-state index contributed by atoms with van der Waals surface area (Å²) in [5.74, 6) is 0.945. The summed E-state index contributed by atoms with van der Waals surface area (Å²) in [6.07, 6.45) is 5.66. The summed E-state index contributed by atoms with van der Waals surface area (Å²) in [6.45, 7) is 1.73. The molecule has 2 amide bonds. The van der Waals surface area contributed by atoms with Gasteiger partial charge in [-0.05, 0) is 61.3 Å². The molecule has 1 aliphatic rings. The summed E-state index contributed by atoms with van der Waals surface area (Å²) in [4.78, 5) is 28.1. The zero-order valence-corrected chi connectivity index (χ0v) is 17.6. The third kappa shape index (κ3) is 6.18. The second kappa shape index (κ2) is 10.2. The second-order valence-electron chi connectivity index (χ2n) is 8.26. The average Bonchev–Trinajstić information content (AvgIpc) is 2.75. The van der Waals surface area contributed by atoms with Crippen molar-refractivity contribution in [2.75, 3.05) is 27.2 Å². The maximum absolute atomic E-state index is 12.5. The number of likely N-dealkylation sites (tertiary alicyclic amines) is 1. The van der Waals surface area contributed by atoms with E-state index in [1.54, 1.807) is 19.0 Å². The Morgan fingerprint density at radius 2 is 1.59 bits per heavy atom. The summed E-state index contributed by atoms with van der Waals surface area (Å²) >= 11 is 0. The number of hydrogen-bond donors (Lipinski definition) is 0. The highest BCUT2D eigenvalue weighted by atomic mass is 16.2. The molecule has 154 valence electrons. The topological polar surface area (TPSA) is 40.6 Å². The quantitative estimate of drug-likeness (QED) is 0.709. The lowest BCUT2D eigenvalue weighted by atomic mass is 9.89. The van der Waals surface area contributed by atoms with Crippen LogP contribution < -0.4 is 0 Å². The Balaban J connectivity index is 1.39. The molecule has 2 aromatic rings. The Bertz CT molecular complexity index is 791. The summed E-state index contributed by atoms with van der Waals surface area (Å²) in [7, 11) is 3.54. The molecule has 0 saturated carbocycles. The first-order chi connectivity index (χ1) is 14.0. The molecule has 0 unspecified atom stereocenters. The van der Waals surface area contributed by atoms with Crippen molar-refractivity contribution in [3.8, 4) is 0 Å². The molecular weight excluding hydrogens is 360 g/mol. The van der Waals surface area contributed by atoms with Crippen molar-refractivity contribution >= 4 is 11.8 Å². The predicted octanol–water partition coefficient (Wildman–Crippen LogP) is 4.19. The van der Waals surface area contributed by atoms with Crippen molar-refractivity contribution in [1.82, 2.24) is 9.80 Å². The van der Waals surface area contributed by atoms with Gasteiger partial charge in [0, 0.05) is 39.2 Å². The molecule has 0 bridgehead atoms. The van der Waals surface area contributed by atoms with E-state index in [1.165, 1.54) is 11.1 Å². The van der Waals surface area contributed by atoms with Gasteiger partial charge < -0.3 is 9.80 Å². The van der Waals surface area contributed by atoms with Gasteiger partial charge in [0.25, 0.3) is 5.91 Å². The number of benzene rings is 2. The van der Waals surface area contributed by atoms with Gasteiger partial charge >= 0.3 is 0 Å². The molecule has 0 aliphatic carbocycles. The average molecular weight is 393 g/mol. The Labute approximate surface area is 174 Å². The van der Waals surface area contributed by atoms with E-state index in [0.717, 1.165) is 50.8 Å². The van der Waals surface area contributed by atoms with Crippen molar-refractivity contribution < 1.29 is 9.59 Å². The van der Waals surface area contributed by atoms with Crippen molar-refractivity contribution in [1.29, 1.82) is 0 Å². The molecule has 4 nitrogen and oxygen atoms in total. The minimum Gasteiger partial charge on any atom is -0.345 e. The highest BCUT2D eigenvalue weighted by Crippen LogP contribution is 2.23. The number of nitrogens with zero attached hydrogens (tertiary/aromatic N) is 2.